The second kappa shape index (κ2) is 3.89. The van der Waals surface area contributed by atoms with Gasteiger partial charge in [-0.05, 0) is 32.1 Å². The lowest BCUT2D eigenvalue weighted by molar-refractivity contribution is 0.00388. The van der Waals surface area contributed by atoms with E-state index in [0.717, 1.165) is 13.0 Å². The molecule has 0 heterocycles. The zero-order chi connectivity index (χ0) is 6.53. The molecule has 0 bridgehead atoms. The molecular weight excluding hydrogens is 112 g/mol. The summed E-state index contributed by atoms with van der Waals surface area (Å²) >= 11 is 0. The Kier molecular flexibility index (Phi) is 3.05. The highest BCUT2D eigenvalue weighted by Crippen LogP contribution is 2.21. The van der Waals surface area contributed by atoms with Crippen molar-refractivity contribution in [2.45, 2.75) is 38.7 Å². The molecule has 1 rings (SSSR count). The standard InChI is InChI=1S/C8H15O/c1-2-3-7-9-8-5-4-6-8/h2,8H,3-7H2,1H3. The average molecular weight is 127 g/mol. The van der Waals surface area contributed by atoms with Gasteiger partial charge in [-0.1, -0.05) is 6.92 Å². The first-order valence-electron chi connectivity index (χ1n) is 3.83. The summed E-state index contributed by atoms with van der Waals surface area (Å²) in [6.07, 6.45) is 7.84. The Balaban J connectivity index is 1.80. The van der Waals surface area contributed by atoms with Gasteiger partial charge in [-0.3, -0.25) is 0 Å². The van der Waals surface area contributed by atoms with Crippen molar-refractivity contribution in [3.05, 3.63) is 6.42 Å². The minimum absolute atomic E-state index is 0.616. The lowest BCUT2D eigenvalue weighted by atomic mass is 9.96. The molecule has 1 saturated carbocycles. The molecule has 1 aliphatic carbocycles. The van der Waals surface area contributed by atoms with Crippen molar-refractivity contribution >= 4 is 0 Å². The van der Waals surface area contributed by atoms with E-state index in [1.54, 1.807) is 0 Å². The van der Waals surface area contributed by atoms with Gasteiger partial charge in [0.2, 0.25) is 0 Å². The van der Waals surface area contributed by atoms with Gasteiger partial charge in [-0.15, -0.1) is 0 Å². The first kappa shape index (κ1) is 7.07. The van der Waals surface area contributed by atoms with Crippen molar-refractivity contribution < 1.29 is 4.74 Å². The number of hydrogen-bond donors (Lipinski definition) is 0. The number of rotatable bonds is 4. The maximum Gasteiger partial charge on any atom is 0.0575 e. The first-order chi connectivity index (χ1) is 4.43. The summed E-state index contributed by atoms with van der Waals surface area (Å²) in [6, 6.07) is 0. The van der Waals surface area contributed by atoms with E-state index in [2.05, 4.69) is 13.3 Å². The van der Waals surface area contributed by atoms with Gasteiger partial charge in [0.05, 0.1) is 6.10 Å². The molecule has 9 heavy (non-hydrogen) atoms. The van der Waals surface area contributed by atoms with E-state index in [1.165, 1.54) is 19.3 Å². The molecule has 0 amide bonds. The third-order valence-corrected chi connectivity index (χ3v) is 1.81. The molecule has 0 aromatic heterocycles. The Morgan fingerprint density at radius 2 is 2.33 bits per heavy atom. The van der Waals surface area contributed by atoms with Crippen LogP contribution < -0.4 is 0 Å². The van der Waals surface area contributed by atoms with Crippen molar-refractivity contribution in [2.24, 2.45) is 0 Å². The lowest BCUT2D eigenvalue weighted by Gasteiger charge is -2.25. The van der Waals surface area contributed by atoms with Gasteiger partial charge in [-0.25, -0.2) is 0 Å². The van der Waals surface area contributed by atoms with Crippen LogP contribution in [0.25, 0.3) is 0 Å². The molecule has 1 radical (unpaired) electrons. The lowest BCUT2D eigenvalue weighted by Crippen LogP contribution is -2.21. The van der Waals surface area contributed by atoms with Crippen LogP contribution in [-0.2, 0) is 4.74 Å². The summed E-state index contributed by atoms with van der Waals surface area (Å²) in [5, 5.41) is 0. The van der Waals surface area contributed by atoms with E-state index < -0.39 is 0 Å². The van der Waals surface area contributed by atoms with Crippen LogP contribution in [0.3, 0.4) is 0 Å². The number of unbranched alkanes of at least 4 members (excludes halogenated alkanes) is 1. The van der Waals surface area contributed by atoms with E-state index in [1.807, 2.05) is 0 Å². The van der Waals surface area contributed by atoms with Crippen LogP contribution in [0.15, 0.2) is 0 Å². The fourth-order valence-electron chi connectivity index (χ4n) is 0.890. The van der Waals surface area contributed by atoms with E-state index in [4.69, 9.17) is 4.74 Å². The molecular formula is C8H15O. The van der Waals surface area contributed by atoms with Crippen molar-refractivity contribution in [1.82, 2.24) is 0 Å². The summed E-state index contributed by atoms with van der Waals surface area (Å²) in [5.74, 6) is 0. The molecule has 0 unspecified atom stereocenters. The largest absolute Gasteiger partial charge is 0.378 e. The Hall–Kier alpha value is -0.0400. The third-order valence-electron chi connectivity index (χ3n) is 1.81. The van der Waals surface area contributed by atoms with E-state index in [9.17, 15) is 0 Å². The molecule has 0 N–H and O–H groups in total. The van der Waals surface area contributed by atoms with Crippen LogP contribution in [0, 0.1) is 6.42 Å². The maximum atomic E-state index is 5.49. The van der Waals surface area contributed by atoms with Crippen molar-refractivity contribution in [2.75, 3.05) is 6.61 Å². The summed E-state index contributed by atoms with van der Waals surface area (Å²) < 4.78 is 5.49. The van der Waals surface area contributed by atoms with Crippen molar-refractivity contribution in [1.29, 1.82) is 0 Å². The van der Waals surface area contributed by atoms with Crippen molar-refractivity contribution in [3.8, 4) is 0 Å². The predicted octanol–water partition coefficient (Wildman–Crippen LogP) is 2.17. The van der Waals surface area contributed by atoms with Gasteiger partial charge < -0.3 is 4.74 Å². The Morgan fingerprint density at radius 1 is 1.56 bits per heavy atom. The normalized spacial score (nSPS) is 19.7. The predicted molar refractivity (Wildman–Crippen MR) is 38.2 cm³/mol. The smallest absolute Gasteiger partial charge is 0.0575 e. The summed E-state index contributed by atoms with van der Waals surface area (Å²) in [7, 11) is 0. The maximum absolute atomic E-state index is 5.49. The number of ether oxygens (including phenoxy) is 1. The van der Waals surface area contributed by atoms with Crippen LogP contribution >= 0.6 is 0 Å². The molecule has 0 aromatic carbocycles. The summed E-state index contributed by atoms with van der Waals surface area (Å²) in [5.41, 5.74) is 0. The Morgan fingerprint density at radius 3 is 2.78 bits per heavy atom. The fraction of sp³-hybridized carbons (Fsp3) is 0.875. The Labute approximate surface area is 57.4 Å². The molecule has 1 nitrogen and oxygen atoms in total. The molecule has 53 valence electrons. The zero-order valence-electron chi connectivity index (χ0n) is 6.10. The third kappa shape index (κ3) is 2.35. The summed E-state index contributed by atoms with van der Waals surface area (Å²) in [4.78, 5) is 0. The molecule has 0 saturated heterocycles. The second-order valence-electron chi connectivity index (χ2n) is 2.62. The molecule has 0 atom stereocenters. The minimum Gasteiger partial charge on any atom is -0.378 e. The van der Waals surface area contributed by atoms with Crippen molar-refractivity contribution in [3.63, 3.8) is 0 Å². The summed E-state index contributed by atoms with van der Waals surface area (Å²) in [6.45, 7) is 3.01. The van der Waals surface area contributed by atoms with Crippen LogP contribution in [0.2, 0.25) is 0 Å². The quantitative estimate of drug-likeness (QED) is 0.526. The first-order valence-corrected chi connectivity index (χ1v) is 3.83. The topological polar surface area (TPSA) is 9.23 Å². The zero-order valence-corrected chi connectivity index (χ0v) is 6.10. The highest BCUT2D eigenvalue weighted by molar-refractivity contribution is 4.69. The fourth-order valence-corrected chi connectivity index (χ4v) is 0.890. The van der Waals surface area contributed by atoms with Gasteiger partial charge in [0.1, 0.15) is 0 Å². The Bertz CT molecular complexity index is 67.0. The molecule has 1 aliphatic rings. The van der Waals surface area contributed by atoms with Gasteiger partial charge in [0, 0.05) is 6.61 Å². The second-order valence-corrected chi connectivity index (χ2v) is 2.62. The monoisotopic (exact) mass is 127 g/mol. The van der Waals surface area contributed by atoms with Gasteiger partial charge in [-0.2, -0.15) is 0 Å². The van der Waals surface area contributed by atoms with E-state index in [0.29, 0.717) is 6.10 Å². The average Bonchev–Trinajstić information content (AvgIpc) is 1.76. The van der Waals surface area contributed by atoms with Gasteiger partial charge in [0.25, 0.3) is 0 Å². The molecule has 1 fully saturated rings. The highest BCUT2D eigenvalue weighted by Gasteiger charge is 2.16. The van der Waals surface area contributed by atoms with Crippen LogP contribution in [-0.4, -0.2) is 12.7 Å². The van der Waals surface area contributed by atoms with Gasteiger partial charge in [0.15, 0.2) is 0 Å². The highest BCUT2D eigenvalue weighted by atomic mass is 16.5. The molecule has 0 aliphatic heterocycles. The minimum atomic E-state index is 0.616. The molecule has 1 heteroatoms. The van der Waals surface area contributed by atoms with Crippen LogP contribution in [0.4, 0.5) is 0 Å². The molecule has 0 aromatic rings. The number of hydrogen-bond acceptors (Lipinski definition) is 1. The van der Waals surface area contributed by atoms with E-state index in [-0.39, 0.29) is 0 Å². The van der Waals surface area contributed by atoms with Gasteiger partial charge >= 0.3 is 0 Å². The SMILES string of the molecule is C[CH]CCOC1CCC1. The van der Waals surface area contributed by atoms with E-state index >= 15 is 0 Å². The van der Waals surface area contributed by atoms with Crippen LogP contribution in [0.5, 0.6) is 0 Å². The van der Waals surface area contributed by atoms with Crippen LogP contribution in [0.1, 0.15) is 32.6 Å². The molecule has 0 spiro atoms.